The second-order valence-corrected chi connectivity index (χ2v) is 10.0. The summed E-state index contributed by atoms with van der Waals surface area (Å²) < 4.78 is 5.74. The van der Waals surface area contributed by atoms with Gasteiger partial charge in [0.1, 0.15) is 17.1 Å². The summed E-state index contributed by atoms with van der Waals surface area (Å²) in [6.07, 6.45) is 5.33. The summed E-state index contributed by atoms with van der Waals surface area (Å²) in [7, 11) is 1.75. The predicted molar refractivity (Wildman–Crippen MR) is 143 cm³/mol. The summed E-state index contributed by atoms with van der Waals surface area (Å²) >= 11 is 1.40. The zero-order valence-corrected chi connectivity index (χ0v) is 22.0. The molecule has 1 saturated carbocycles. The first-order valence-electron chi connectivity index (χ1n) is 12.1. The Hall–Kier alpha value is -3.35. The molecule has 36 heavy (non-hydrogen) atoms. The van der Waals surface area contributed by atoms with Crippen molar-refractivity contribution in [3.63, 3.8) is 0 Å². The van der Waals surface area contributed by atoms with Crippen LogP contribution in [0.15, 0.2) is 30.3 Å². The van der Waals surface area contributed by atoms with Gasteiger partial charge in [0.15, 0.2) is 0 Å². The molecule has 2 aromatic rings. The van der Waals surface area contributed by atoms with Gasteiger partial charge < -0.3 is 26.8 Å². The first kappa shape index (κ1) is 28.9. The SMILES string of the molecule is CNc1sc(C#Cc2ccc(CNC(CC(C)C)C(=O)OC3CCCC3)cc2)cc1C(N)=O.NC=O. The van der Waals surface area contributed by atoms with E-state index in [1.54, 1.807) is 13.1 Å². The number of benzene rings is 1. The number of ether oxygens (including phenoxy) is 1. The van der Waals surface area contributed by atoms with Gasteiger partial charge in [-0.05, 0) is 61.8 Å². The number of carbonyl (C=O) groups is 3. The van der Waals surface area contributed by atoms with E-state index in [0.717, 1.165) is 53.1 Å². The maximum Gasteiger partial charge on any atom is 0.323 e. The monoisotopic (exact) mass is 512 g/mol. The number of hydrogen-bond donors (Lipinski definition) is 4. The van der Waals surface area contributed by atoms with Crippen molar-refractivity contribution in [2.24, 2.45) is 17.4 Å². The van der Waals surface area contributed by atoms with E-state index in [4.69, 9.17) is 15.3 Å². The highest BCUT2D eigenvalue weighted by Crippen LogP contribution is 2.27. The van der Waals surface area contributed by atoms with Crippen molar-refractivity contribution in [2.75, 3.05) is 12.4 Å². The average molecular weight is 513 g/mol. The molecule has 1 aliphatic carbocycles. The van der Waals surface area contributed by atoms with E-state index in [2.05, 4.69) is 42.1 Å². The summed E-state index contributed by atoms with van der Waals surface area (Å²) in [4.78, 5) is 33.5. The van der Waals surface area contributed by atoms with Gasteiger partial charge in [-0.2, -0.15) is 0 Å². The van der Waals surface area contributed by atoms with E-state index < -0.39 is 5.91 Å². The van der Waals surface area contributed by atoms with Crippen molar-refractivity contribution in [3.05, 3.63) is 51.9 Å². The van der Waals surface area contributed by atoms with Crippen molar-refractivity contribution < 1.29 is 19.1 Å². The minimum absolute atomic E-state index is 0.0819. The standard InChI is InChI=1S/C26H33N3O3S.CH3NO/c1-17(2)14-23(26(31)32-20-6-4-5-7-20)29-16-19-10-8-18(9-11-19)12-13-21-15-22(24(27)30)25(28-3)33-21;2-1-3/h8-11,15,17,20,23,28-29H,4-7,14,16H2,1-3H3,(H2,27,30);1H,(H2,2,3). The lowest BCUT2D eigenvalue weighted by atomic mass is 10.0. The smallest absolute Gasteiger partial charge is 0.323 e. The van der Waals surface area contributed by atoms with E-state index >= 15 is 0 Å². The molecule has 2 amide bonds. The molecular weight excluding hydrogens is 476 g/mol. The van der Waals surface area contributed by atoms with Crippen LogP contribution >= 0.6 is 11.3 Å². The molecule has 6 N–H and O–H groups in total. The van der Waals surface area contributed by atoms with Crippen molar-refractivity contribution in [3.8, 4) is 11.8 Å². The first-order valence-corrected chi connectivity index (χ1v) is 12.9. The molecule has 1 heterocycles. The second kappa shape index (κ2) is 14.9. The summed E-state index contributed by atoms with van der Waals surface area (Å²) in [5.74, 6) is 6.01. The van der Waals surface area contributed by atoms with Crippen LogP contribution in [-0.4, -0.2) is 37.5 Å². The van der Waals surface area contributed by atoms with Gasteiger partial charge in [-0.25, -0.2) is 0 Å². The number of nitrogens with one attached hydrogen (secondary N) is 2. The maximum absolute atomic E-state index is 12.7. The van der Waals surface area contributed by atoms with E-state index in [0.29, 0.717) is 18.0 Å². The molecule has 194 valence electrons. The maximum atomic E-state index is 12.7. The Labute approximate surface area is 217 Å². The van der Waals surface area contributed by atoms with Gasteiger partial charge in [0.2, 0.25) is 6.41 Å². The van der Waals surface area contributed by atoms with Gasteiger partial charge in [-0.15, -0.1) is 11.3 Å². The van der Waals surface area contributed by atoms with Crippen molar-refractivity contribution in [1.29, 1.82) is 0 Å². The molecule has 1 atom stereocenters. The van der Waals surface area contributed by atoms with Gasteiger partial charge in [-0.1, -0.05) is 37.8 Å². The van der Waals surface area contributed by atoms with Gasteiger partial charge in [-0.3, -0.25) is 14.4 Å². The molecule has 1 aliphatic rings. The highest BCUT2D eigenvalue weighted by atomic mass is 32.1. The third-order valence-electron chi connectivity index (χ3n) is 5.64. The molecule has 8 nitrogen and oxygen atoms in total. The third kappa shape index (κ3) is 9.36. The number of anilines is 1. The Morgan fingerprint density at radius 2 is 1.83 bits per heavy atom. The van der Waals surface area contributed by atoms with Crippen LogP contribution in [0, 0.1) is 17.8 Å². The molecule has 1 aromatic carbocycles. The van der Waals surface area contributed by atoms with Gasteiger partial charge in [0.25, 0.3) is 5.91 Å². The molecule has 0 aliphatic heterocycles. The lowest BCUT2D eigenvalue weighted by Gasteiger charge is -2.21. The summed E-state index contributed by atoms with van der Waals surface area (Å²) in [5.41, 5.74) is 12.0. The number of thiophene rings is 1. The number of carbonyl (C=O) groups excluding carboxylic acids is 3. The zero-order chi connectivity index (χ0) is 26.5. The van der Waals surface area contributed by atoms with Gasteiger partial charge in [0.05, 0.1) is 10.4 Å². The number of rotatable bonds is 9. The number of amides is 2. The van der Waals surface area contributed by atoms with E-state index in [1.807, 2.05) is 24.3 Å². The molecule has 1 aromatic heterocycles. The van der Waals surface area contributed by atoms with Crippen molar-refractivity contribution in [2.45, 2.75) is 64.6 Å². The van der Waals surface area contributed by atoms with Crippen LogP contribution in [0.25, 0.3) is 0 Å². The topological polar surface area (TPSA) is 137 Å². The lowest BCUT2D eigenvalue weighted by Crippen LogP contribution is -2.40. The van der Waals surface area contributed by atoms with Crippen LogP contribution in [0.5, 0.6) is 0 Å². The van der Waals surface area contributed by atoms with Crippen LogP contribution in [0.3, 0.4) is 0 Å². The highest BCUT2D eigenvalue weighted by molar-refractivity contribution is 7.17. The van der Waals surface area contributed by atoms with Gasteiger partial charge >= 0.3 is 5.97 Å². The second-order valence-electron chi connectivity index (χ2n) is 8.96. The molecular formula is C27H36N4O4S. The average Bonchev–Trinajstić information content (AvgIpc) is 3.51. The Bertz CT molecular complexity index is 1060. The van der Waals surface area contributed by atoms with Gasteiger partial charge in [0, 0.05) is 19.2 Å². The number of primary amides is 2. The lowest BCUT2D eigenvalue weighted by molar-refractivity contribution is -0.151. The van der Waals surface area contributed by atoms with Crippen molar-refractivity contribution in [1.82, 2.24) is 5.32 Å². The Balaban J connectivity index is 0.00000145. The molecule has 0 bridgehead atoms. The fraction of sp³-hybridized carbons (Fsp3) is 0.444. The minimum atomic E-state index is -0.469. The minimum Gasteiger partial charge on any atom is -0.461 e. The van der Waals surface area contributed by atoms with E-state index in [-0.39, 0.29) is 24.5 Å². The molecule has 1 unspecified atom stereocenters. The quantitative estimate of drug-likeness (QED) is 0.231. The normalized spacial score (nSPS) is 13.7. The molecule has 1 fully saturated rings. The Kier molecular flexibility index (Phi) is 12.0. The fourth-order valence-corrected chi connectivity index (χ4v) is 4.76. The predicted octanol–water partition coefficient (Wildman–Crippen LogP) is 3.38. The van der Waals surface area contributed by atoms with Crippen LogP contribution in [0.2, 0.25) is 0 Å². The number of nitrogens with two attached hydrogens (primary N) is 2. The highest BCUT2D eigenvalue weighted by Gasteiger charge is 2.26. The largest absolute Gasteiger partial charge is 0.461 e. The van der Waals surface area contributed by atoms with Crippen LogP contribution < -0.4 is 22.1 Å². The molecule has 3 rings (SSSR count). The zero-order valence-electron chi connectivity index (χ0n) is 21.1. The van der Waals surface area contributed by atoms with E-state index in [9.17, 15) is 9.59 Å². The van der Waals surface area contributed by atoms with Crippen LogP contribution in [-0.2, 0) is 20.9 Å². The Morgan fingerprint density at radius 1 is 1.19 bits per heavy atom. The fourth-order valence-electron chi connectivity index (χ4n) is 3.89. The summed E-state index contributed by atoms with van der Waals surface area (Å²) in [5, 5.41) is 7.08. The molecule has 0 spiro atoms. The number of esters is 1. The molecule has 9 heteroatoms. The van der Waals surface area contributed by atoms with Crippen LogP contribution in [0.4, 0.5) is 5.00 Å². The van der Waals surface area contributed by atoms with Crippen LogP contribution in [0.1, 0.15) is 72.3 Å². The summed E-state index contributed by atoms with van der Waals surface area (Å²) in [6, 6.07) is 9.34. The first-order chi connectivity index (χ1) is 17.3. The third-order valence-corrected chi connectivity index (χ3v) is 6.71. The van der Waals surface area contributed by atoms with Crippen molar-refractivity contribution >= 4 is 34.6 Å². The Morgan fingerprint density at radius 3 is 2.36 bits per heavy atom. The number of hydrogen-bond acceptors (Lipinski definition) is 7. The molecule has 0 radical (unpaired) electrons. The molecule has 0 saturated heterocycles. The van der Waals surface area contributed by atoms with E-state index in [1.165, 1.54) is 11.3 Å². The summed E-state index contributed by atoms with van der Waals surface area (Å²) in [6.45, 7) is 4.82.